The van der Waals surface area contributed by atoms with Crippen LogP contribution in [0.3, 0.4) is 0 Å². The highest BCUT2D eigenvalue weighted by Gasteiger charge is 2.29. The summed E-state index contributed by atoms with van der Waals surface area (Å²) in [5, 5.41) is 11.1. The number of carboxylic acid groups (broad SMARTS) is 1. The van der Waals surface area contributed by atoms with Crippen molar-refractivity contribution in [2.45, 2.75) is 51.3 Å². The van der Waals surface area contributed by atoms with Gasteiger partial charge in [0.25, 0.3) is 0 Å². The van der Waals surface area contributed by atoms with Crippen molar-refractivity contribution in [2.75, 3.05) is 32.8 Å². The van der Waals surface area contributed by atoms with Gasteiger partial charge in [-0.25, -0.2) is 9.59 Å². The number of carbonyl (C=O) groups is 2. The topological polar surface area (TPSA) is 88.1 Å². The Kier molecular flexibility index (Phi) is 10.1. The molecular weight excluding hydrogens is 429 g/mol. The highest BCUT2D eigenvalue weighted by atomic mass is 19.4. The Morgan fingerprint density at radius 1 is 1.22 bits per heavy atom. The number of benzene rings is 1. The van der Waals surface area contributed by atoms with Crippen LogP contribution >= 0.6 is 0 Å². The second kappa shape index (κ2) is 12.5. The number of ether oxygens (including phenoxy) is 2. The molecular formula is C22H31F3N2O5. The van der Waals surface area contributed by atoms with Crippen molar-refractivity contribution >= 4 is 12.0 Å². The normalized spacial score (nSPS) is 15.4. The standard InChI is InChI=1S/C22H31F3N2O5/c1-2-31-19(20(28)29)13-16-7-9-18(10-8-16)32-12-11-27(14-17-5-3-4-6-17)21(30)26-15-22(23,24)25/h7-10,17,19H,2-6,11-15H2,1H3,(H,26,30)(H,28,29). The van der Waals surface area contributed by atoms with Gasteiger partial charge in [-0.2, -0.15) is 13.2 Å². The molecule has 2 N–H and O–H groups in total. The fourth-order valence-electron chi connectivity index (χ4n) is 3.70. The van der Waals surface area contributed by atoms with Gasteiger partial charge in [0.15, 0.2) is 6.10 Å². The first-order chi connectivity index (χ1) is 15.2. The molecule has 0 aliphatic heterocycles. The molecule has 0 spiro atoms. The number of carboxylic acids is 1. The van der Waals surface area contributed by atoms with Gasteiger partial charge in [-0.1, -0.05) is 25.0 Å². The van der Waals surface area contributed by atoms with Crippen LogP contribution in [0.4, 0.5) is 18.0 Å². The molecule has 1 unspecified atom stereocenters. The van der Waals surface area contributed by atoms with Gasteiger partial charge in [0.05, 0.1) is 6.54 Å². The van der Waals surface area contributed by atoms with E-state index in [1.807, 2.05) is 5.32 Å². The largest absolute Gasteiger partial charge is 0.492 e. The Balaban J connectivity index is 1.87. The Labute approximate surface area is 185 Å². The third kappa shape index (κ3) is 9.33. The second-order valence-electron chi connectivity index (χ2n) is 7.85. The van der Waals surface area contributed by atoms with E-state index in [4.69, 9.17) is 14.6 Å². The van der Waals surface area contributed by atoms with Crippen LogP contribution in [0.15, 0.2) is 24.3 Å². The van der Waals surface area contributed by atoms with E-state index in [0.29, 0.717) is 24.8 Å². The van der Waals surface area contributed by atoms with Crippen LogP contribution in [-0.2, 0) is 16.0 Å². The SMILES string of the molecule is CCOC(Cc1ccc(OCCN(CC2CCCC2)C(=O)NCC(F)(F)F)cc1)C(=O)O. The smallest absolute Gasteiger partial charge is 0.405 e. The van der Waals surface area contributed by atoms with Crippen molar-refractivity contribution in [1.29, 1.82) is 0 Å². The third-order valence-electron chi connectivity index (χ3n) is 5.30. The van der Waals surface area contributed by atoms with Gasteiger partial charge >= 0.3 is 18.2 Å². The summed E-state index contributed by atoms with van der Waals surface area (Å²) < 4.78 is 48.2. The molecule has 0 aromatic heterocycles. The first kappa shape index (κ1) is 25.8. The maximum absolute atomic E-state index is 12.5. The van der Waals surface area contributed by atoms with E-state index in [1.54, 1.807) is 31.2 Å². The van der Waals surface area contributed by atoms with Crippen LogP contribution in [0.5, 0.6) is 5.75 Å². The summed E-state index contributed by atoms with van der Waals surface area (Å²) in [5.74, 6) is -0.217. The van der Waals surface area contributed by atoms with Crippen LogP contribution < -0.4 is 10.1 Å². The van der Waals surface area contributed by atoms with Gasteiger partial charge in [-0.05, 0) is 43.4 Å². The van der Waals surface area contributed by atoms with Crippen LogP contribution in [0.2, 0.25) is 0 Å². The van der Waals surface area contributed by atoms with Crippen molar-refractivity contribution < 1.29 is 37.3 Å². The number of nitrogens with one attached hydrogen (secondary N) is 1. The average molecular weight is 460 g/mol. The number of urea groups is 1. The van der Waals surface area contributed by atoms with Crippen molar-refractivity contribution in [3.05, 3.63) is 29.8 Å². The minimum Gasteiger partial charge on any atom is -0.492 e. The Hall–Kier alpha value is -2.49. The van der Waals surface area contributed by atoms with Crippen molar-refractivity contribution in [3.63, 3.8) is 0 Å². The number of hydrogen-bond donors (Lipinski definition) is 2. The van der Waals surface area contributed by atoms with E-state index in [9.17, 15) is 22.8 Å². The van der Waals surface area contributed by atoms with Crippen molar-refractivity contribution in [3.8, 4) is 5.75 Å². The third-order valence-corrected chi connectivity index (χ3v) is 5.30. The zero-order valence-electron chi connectivity index (χ0n) is 18.2. The minimum absolute atomic E-state index is 0.127. The van der Waals surface area contributed by atoms with Crippen LogP contribution in [-0.4, -0.2) is 67.1 Å². The molecule has 1 fully saturated rings. The number of halogens is 3. The Bertz CT molecular complexity index is 721. The van der Waals surface area contributed by atoms with Crippen molar-refractivity contribution in [1.82, 2.24) is 10.2 Å². The molecule has 1 aromatic rings. The zero-order valence-corrected chi connectivity index (χ0v) is 18.2. The maximum atomic E-state index is 12.5. The molecule has 0 saturated heterocycles. The number of rotatable bonds is 12. The van der Waals surface area contributed by atoms with Gasteiger partial charge in [-0.15, -0.1) is 0 Å². The first-order valence-electron chi connectivity index (χ1n) is 10.8. The summed E-state index contributed by atoms with van der Waals surface area (Å²) in [6.45, 7) is 1.35. The van der Waals surface area contributed by atoms with Crippen LogP contribution in [0, 0.1) is 5.92 Å². The number of hydrogen-bond acceptors (Lipinski definition) is 4. The molecule has 2 amide bonds. The van der Waals surface area contributed by atoms with E-state index in [0.717, 1.165) is 31.2 Å². The monoisotopic (exact) mass is 460 g/mol. The average Bonchev–Trinajstić information content (AvgIpc) is 3.24. The molecule has 0 bridgehead atoms. The van der Waals surface area contributed by atoms with Crippen LogP contribution in [0.25, 0.3) is 0 Å². The summed E-state index contributed by atoms with van der Waals surface area (Å²) >= 11 is 0. The fourth-order valence-corrected chi connectivity index (χ4v) is 3.70. The van der Waals surface area contributed by atoms with E-state index in [-0.39, 0.29) is 19.6 Å². The lowest BCUT2D eigenvalue weighted by Gasteiger charge is -2.26. The summed E-state index contributed by atoms with van der Waals surface area (Å²) in [7, 11) is 0. The van der Waals surface area contributed by atoms with E-state index in [1.165, 1.54) is 4.90 Å². The highest BCUT2D eigenvalue weighted by molar-refractivity contribution is 5.74. The lowest BCUT2D eigenvalue weighted by molar-refractivity contribution is -0.150. The molecule has 180 valence electrons. The minimum atomic E-state index is -4.46. The lowest BCUT2D eigenvalue weighted by Crippen LogP contribution is -2.46. The molecule has 32 heavy (non-hydrogen) atoms. The van der Waals surface area contributed by atoms with Crippen LogP contribution in [0.1, 0.15) is 38.2 Å². The molecule has 1 atom stereocenters. The van der Waals surface area contributed by atoms with E-state index >= 15 is 0 Å². The predicted molar refractivity (Wildman–Crippen MR) is 112 cm³/mol. The quantitative estimate of drug-likeness (QED) is 0.495. The maximum Gasteiger partial charge on any atom is 0.405 e. The number of carbonyl (C=O) groups excluding carboxylic acids is 1. The number of aliphatic carboxylic acids is 1. The summed E-state index contributed by atoms with van der Waals surface area (Å²) in [4.78, 5) is 24.9. The highest BCUT2D eigenvalue weighted by Crippen LogP contribution is 2.25. The molecule has 1 aliphatic carbocycles. The van der Waals surface area contributed by atoms with E-state index < -0.39 is 30.8 Å². The number of alkyl halides is 3. The fraction of sp³-hybridized carbons (Fsp3) is 0.636. The molecule has 0 radical (unpaired) electrons. The molecule has 1 aromatic carbocycles. The molecule has 0 heterocycles. The zero-order chi connectivity index (χ0) is 23.6. The second-order valence-corrected chi connectivity index (χ2v) is 7.85. The molecule has 1 aliphatic rings. The summed E-state index contributed by atoms with van der Waals surface area (Å²) in [5.41, 5.74) is 0.771. The molecule has 10 heteroatoms. The molecule has 2 rings (SSSR count). The summed E-state index contributed by atoms with van der Waals surface area (Å²) in [6, 6.07) is 6.09. The van der Waals surface area contributed by atoms with Gasteiger partial charge in [-0.3, -0.25) is 0 Å². The lowest BCUT2D eigenvalue weighted by atomic mass is 10.1. The van der Waals surface area contributed by atoms with E-state index in [2.05, 4.69) is 0 Å². The van der Waals surface area contributed by atoms with Gasteiger partial charge < -0.3 is 24.8 Å². The van der Waals surface area contributed by atoms with Gasteiger partial charge in [0.1, 0.15) is 18.9 Å². The Morgan fingerprint density at radius 2 is 1.88 bits per heavy atom. The van der Waals surface area contributed by atoms with Gasteiger partial charge in [0, 0.05) is 19.6 Å². The number of amides is 2. The molecule has 1 saturated carbocycles. The van der Waals surface area contributed by atoms with Crippen molar-refractivity contribution in [2.24, 2.45) is 5.92 Å². The predicted octanol–water partition coefficient (Wildman–Crippen LogP) is 3.86. The summed E-state index contributed by atoms with van der Waals surface area (Å²) in [6.07, 6.45) is -1.11. The first-order valence-corrected chi connectivity index (χ1v) is 10.8. The van der Waals surface area contributed by atoms with Gasteiger partial charge in [0.2, 0.25) is 0 Å². The molecule has 7 nitrogen and oxygen atoms in total. The number of nitrogens with zero attached hydrogens (tertiary/aromatic N) is 1. The Morgan fingerprint density at radius 3 is 2.44 bits per heavy atom.